The number of piperazine rings is 1. The maximum atomic E-state index is 13.9. The number of rotatable bonds is 6. The minimum absolute atomic E-state index is 0.0283. The predicted molar refractivity (Wildman–Crippen MR) is 180 cm³/mol. The standard InChI is InChI=1S/C35H48BN5O5/c36-29-23-25(11-12-31(29)42)24-32(33(43)39-21-19-38(20-22-39)27-8-3-1-2-4-9-27)46-35(45)40-16-14-28(15-17-40)41-18-13-26-7-5-6-10-30(26)37-34(41)44/h5-7,10-12,23,27-28,32,42H,1-4,8-9,13-22,24,36H2,(H,37,44)/t32-/m1/s1. The molecule has 0 aromatic heterocycles. The van der Waals surface area contributed by atoms with Crippen LogP contribution in [0.25, 0.3) is 0 Å². The van der Waals surface area contributed by atoms with Crippen molar-refractivity contribution >= 4 is 37.0 Å². The number of carbonyl (C=O) groups is 3. The summed E-state index contributed by atoms with van der Waals surface area (Å²) in [5, 5.41) is 13.1. The van der Waals surface area contributed by atoms with Crippen LogP contribution in [0.5, 0.6) is 5.75 Å². The number of phenols is 1. The number of amides is 4. The van der Waals surface area contributed by atoms with Gasteiger partial charge in [-0.2, -0.15) is 0 Å². The molecule has 10 nitrogen and oxygen atoms in total. The molecule has 3 fully saturated rings. The van der Waals surface area contributed by atoms with Crippen LogP contribution >= 0.6 is 0 Å². The number of likely N-dealkylation sites (tertiary alicyclic amines) is 1. The van der Waals surface area contributed by atoms with Gasteiger partial charge in [0.2, 0.25) is 0 Å². The fourth-order valence-corrected chi connectivity index (χ4v) is 7.67. The number of nitrogens with zero attached hydrogens (tertiary/aromatic N) is 4. The lowest BCUT2D eigenvalue weighted by atomic mass is 9.91. The molecule has 0 spiro atoms. The van der Waals surface area contributed by atoms with E-state index in [9.17, 15) is 19.5 Å². The van der Waals surface area contributed by atoms with Gasteiger partial charge in [-0.05, 0) is 60.8 Å². The number of carbonyl (C=O) groups excluding carboxylic acids is 3. The van der Waals surface area contributed by atoms with Gasteiger partial charge in [-0.3, -0.25) is 9.69 Å². The molecule has 0 radical (unpaired) electrons. The van der Waals surface area contributed by atoms with Crippen LogP contribution in [0.1, 0.15) is 62.5 Å². The highest BCUT2D eigenvalue weighted by Crippen LogP contribution is 2.26. The second-order valence-electron chi connectivity index (χ2n) is 13.5. The smallest absolute Gasteiger partial charge is 0.410 e. The summed E-state index contributed by atoms with van der Waals surface area (Å²) in [6.07, 6.45) is 8.57. The van der Waals surface area contributed by atoms with Crippen molar-refractivity contribution in [3.8, 4) is 5.75 Å². The average Bonchev–Trinajstić information content (AvgIpc) is 3.45. The molecule has 2 N–H and O–H groups in total. The van der Waals surface area contributed by atoms with Gasteiger partial charge in [-0.1, -0.05) is 56.0 Å². The van der Waals surface area contributed by atoms with Gasteiger partial charge in [0, 0.05) is 70.0 Å². The molecule has 46 heavy (non-hydrogen) atoms. The van der Waals surface area contributed by atoms with E-state index < -0.39 is 12.2 Å². The van der Waals surface area contributed by atoms with Crippen molar-refractivity contribution in [2.45, 2.75) is 82.4 Å². The van der Waals surface area contributed by atoms with Gasteiger partial charge >= 0.3 is 12.1 Å². The Bertz CT molecular complexity index is 1380. The van der Waals surface area contributed by atoms with Crippen molar-refractivity contribution in [2.24, 2.45) is 0 Å². The van der Waals surface area contributed by atoms with Gasteiger partial charge in [0.05, 0.1) is 0 Å². The van der Waals surface area contributed by atoms with E-state index in [0.717, 1.165) is 41.8 Å². The van der Waals surface area contributed by atoms with E-state index in [1.807, 2.05) is 48.0 Å². The van der Waals surface area contributed by atoms with Gasteiger partial charge in [0.15, 0.2) is 6.10 Å². The first kappa shape index (κ1) is 32.2. The normalized spacial score (nSPS) is 21.1. The number of piperidine rings is 1. The minimum atomic E-state index is -0.950. The third-order valence-corrected chi connectivity index (χ3v) is 10.5. The van der Waals surface area contributed by atoms with E-state index >= 15 is 0 Å². The van der Waals surface area contributed by atoms with Crippen LogP contribution in [-0.2, 0) is 22.4 Å². The molecule has 0 unspecified atom stereocenters. The third-order valence-electron chi connectivity index (χ3n) is 10.5. The van der Waals surface area contributed by atoms with Crippen molar-refractivity contribution in [1.82, 2.24) is 19.6 Å². The molecule has 4 amide bonds. The molecule has 0 bridgehead atoms. The first-order valence-corrected chi connectivity index (χ1v) is 17.3. The number of phenolic OH excluding ortho intramolecular Hbond substituents is 1. The Labute approximate surface area is 273 Å². The first-order chi connectivity index (χ1) is 22.4. The number of fused-ring (bicyclic) bond motifs is 1. The second-order valence-corrected chi connectivity index (χ2v) is 13.5. The number of anilines is 1. The fraction of sp³-hybridized carbons (Fsp3) is 0.571. The highest BCUT2D eigenvalue weighted by atomic mass is 16.6. The number of hydrogen-bond donors (Lipinski definition) is 2. The molecular formula is C35H48BN5O5. The zero-order valence-corrected chi connectivity index (χ0v) is 27.2. The monoisotopic (exact) mass is 629 g/mol. The molecule has 2 aromatic rings. The van der Waals surface area contributed by atoms with Crippen LogP contribution in [0.4, 0.5) is 15.3 Å². The summed E-state index contributed by atoms with van der Waals surface area (Å²) in [5.41, 5.74) is 3.55. The van der Waals surface area contributed by atoms with E-state index in [1.165, 1.54) is 38.5 Å². The Morgan fingerprint density at radius 2 is 1.59 bits per heavy atom. The highest BCUT2D eigenvalue weighted by molar-refractivity contribution is 6.34. The minimum Gasteiger partial charge on any atom is -0.509 e. The van der Waals surface area contributed by atoms with Crippen molar-refractivity contribution in [2.75, 3.05) is 51.1 Å². The highest BCUT2D eigenvalue weighted by Gasteiger charge is 2.36. The summed E-state index contributed by atoms with van der Waals surface area (Å²) < 4.78 is 6.03. The molecule has 11 heteroatoms. The predicted octanol–water partition coefficient (Wildman–Crippen LogP) is 3.12. The van der Waals surface area contributed by atoms with Crippen LogP contribution in [-0.4, -0.2) is 115 Å². The number of para-hydroxylation sites is 1. The SMILES string of the molecule is Bc1cc(C[C@@H](OC(=O)N2CCC(N3CCc4ccccc4NC3=O)CC2)C(=O)N2CCN(C3CCCCCC3)CC2)ccc1O. The van der Waals surface area contributed by atoms with Crippen LogP contribution < -0.4 is 10.8 Å². The Kier molecular flexibility index (Phi) is 10.4. The quantitative estimate of drug-likeness (QED) is 0.376. The third kappa shape index (κ3) is 7.62. The number of benzene rings is 2. The molecule has 2 saturated heterocycles. The number of urea groups is 1. The van der Waals surface area contributed by atoms with Crippen LogP contribution in [0.15, 0.2) is 42.5 Å². The number of aromatic hydroxyl groups is 1. The summed E-state index contributed by atoms with van der Waals surface area (Å²) in [7, 11) is 1.82. The van der Waals surface area contributed by atoms with Crippen LogP contribution in [0, 0.1) is 0 Å². The van der Waals surface area contributed by atoms with Crippen molar-refractivity contribution < 1.29 is 24.2 Å². The number of ether oxygens (including phenoxy) is 1. The fourth-order valence-electron chi connectivity index (χ4n) is 7.67. The molecule has 1 saturated carbocycles. The molecule has 246 valence electrons. The molecule has 4 aliphatic rings. The topological polar surface area (TPSA) is 106 Å². The molecule has 1 atom stereocenters. The lowest BCUT2D eigenvalue weighted by Crippen LogP contribution is -2.55. The summed E-state index contributed by atoms with van der Waals surface area (Å²) in [5.74, 6) is 0.0402. The molecule has 1 aliphatic carbocycles. The average molecular weight is 630 g/mol. The van der Waals surface area contributed by atoms with Gasteiger partial charge in [-0.15, -0.1) is 0 Å². The van der Waals surface area contributed by atoms with Gasteiger partial charge < -0.3 is 29.9 Å². The molecule has 2 aromatic carbocycles. The molecular weight excluding hydrogens is 581 g/mol. The summed E-state index contributed by atoms with van der Waals surface area (Å²) in [6, 6.07) is 13.7. The van der Waals surface area contributed by atoms with E-state index in [0.29, 0.717) is 51.6 Å². The van der Waals surface area contributed by atoms with Gasteiger partial charge in [-0.25, -0.2) is 9.59 Å². The Balaban J connectivity index is 1.07. The second kappa shape index (κ2) is 14.8. The molecule has 3 heterocycles. The molecule has 3 aliphatic heterocycles. The van der Waals surface area contributed by atoms with E-state index in [4.69, 9.17) is 4.74 Å². The lowest BCUT2D eigenvalue weighted by Gasteiger charge is -2.40. The maximum Gasteiger partial charge on any atom is 0.410 e. The maximum absolute atomic E-state index is 13.9. The summed E-state index contributed by atoms with van der Waals surface area (Å²) >= 11 is 0. The van der Waals surface area contributed by atoms with Crippen molar-refractivity contribution in [3.05, 3.63) is 53.6 Å². The Hall–Kier alpha value is -3.73. The molecule has 6 rings (SSSR count). The Morgan fingerprint density at radius 1 is 0.870 bits per heavy atom. The zero-order valence-electron chi connectivity index (χ0n) is 27.2. The first-order valence-electron chi connectivity index (χ1n) is 17.3. The van der Waals surface area contributed by atoms with Crippen LogP contribution in [0.2, 0.25) is 0 Å². The number of nitrogens with one attached hydrogen (secondary N) is 1. The Morgan fingerprint density at radius 3 is 2.30 bits per heavy atom. The largest absolute Gasteiger partial charge is 0.509 e. The number of hydrogen-bond acceptors (Lipinski definition) is 6. The van der Waals surface area contributed by atoms with Crippen molar-refractivity contribution in [1.29, 1.82) is 0 Å². The van der Waals surface area contributed by atoms with E-state index in [-0.39, 0.29) is 30.2 Å². The lowest BCUT2D eigenvalue weighted by molar-refractivity contribution is -0.143. The summed E-state index contributed by atoms with van der Waals surface area (Å²) in [4.78, 5) is 48.5. The zero-order chi connectivity index (χ0) is 32.0. The van der Waals surface area contributed by atoms with Gasteiger partial charge in [0.25, 0.3) is 5.91 Å². The summed E-state index contributed by atoms with van der Waals surface area (Å²) in [6.45, 7) is 4.50. The van der Waals surface area contributed by atoms with Crippen LogP contribution in [0.3, 0.4) is 0 Å². The van der Waals surface area contributed by atoms with E-state index in [1.54, 1.807) is 17.0 Å². The van der Waals surface area contributed by atoms with Gasteiger partial charge in [0.1, 0.15) is 13.6 Å². The van der Waals surface area contributed by atoms with Crippen molar-refractivity contribution in [3.63, 3.8) is 0 Å². The van der Waals surface area contributed by atoms with E-state index in [2.05, 4.69) is 10.2 Å².